The number of nitrogens with two attached hydrogens (primary N) is 1. The van der Waals surface area contributed by atoms with Gasteiger partial charge in [0, 0.05) is 6.54 Å². The van der Waals surface area contributed by atoms with E-state index in [1.54, 1.807) is 11.8 Å². The van der Waals surface area contributed by atoms with E-state index in [4.69, 9.17) is 10.8 Å². The van der Waals surface area contributed by atoms with E-state index in [1.165, 1.54) is 0 Å². The molecule has 3 N–H and O–H groups in total. The highest BCUT2D eigenvalue weighted by Gasteiger charge is 2.27. The number of aliphatic hydroxyl groups is 1. The number of aliphatic hydroxyl groups excluding tert-OH is 1. The van der Waals surface area contributed by atoms with E-state index in [1.807, 2.05) is 0 Å². The molecule has 1 unspecified atom stereocenters. The van der Waals surface area contributed by atoms with Gasteiger partial charge in [-0.2, -0.15) is 0 Å². The van der Waals surface area contributed by atoms with Gasteiger partial charge in [0.2, 0.25) is 5.91 Å². The maximum absolute atomic E-state index is 11.6. The first-order valence-electron chi connectivity index (χ1n) is 4.83. The van der Waals surface area contributed by atoms with Gasteiger partial charge in [0.1, 0.15) is 0 Å². The zero-order chi connectivity index (χ0) is 9.84. The Bertz CT molecular complexity index is 182. The molecule has 0 radical (unpaired) electrons. The Labute approximate surface area is 78.7 Å². The fourth-order valence-corrected chi connectivity index (χ4v) is 1.74. The van der Waals surface area contributed by atoms with E-state index in [0.717, 1.165) is 25.8 Å². The summed E-state index contributed by atoms with van der Waals surface area (Å²) in [6.45, 7) is 2.48. The highest BCUT2D eigenvalue weighted by atomic mass is 16.3. The molecule has 1 heterocycles. The first-order chi connectivity index (χ1) is 6.16. The van der Waals surface area contributed by atoms with Crippen LogP contribution < -0.4 is 5.73 Å². The third kappa shape index (κ3) is 2.42. The second kappa shape index (κ2) is 4.58. The van der Waals surface area contributed by atoms with Crippen LogP contribution in [0, 0.1) is 0 Å². The van der Waals surface area contributed by atoms with Crippen molar-refractivity contribution in [2.45, 2.75) is 38.3 Å². The Morgan fingerprint density at radius 3 is 2.92 bits per heavy atom. The molecule has 2 atom stereocenters. The minimum Gasteiger partial charge on any atom is -0.394 e. The Morgan fingerprint density at radius 2 is 2.38 bits per heavy atom. The van der Waals surface area contributed by atoms with Crippen LogP contribution in [0.15, 0.2) is 0 Å². The van der Waals surface area contributed by atoms with E-state index < -0.39 is 6.04 Å². The lowest BCUT2D eigenvalue weighted by Gasteiger charge is -2.35. The smallest absolute Gasteiger partial charge is 0.239 e. The molecule has 1 saturated heterocycles. The van der Waals surface area contributed by atoms with Gasteiger partial charge in [0.25, 0.3) is 0 Å². The number of carbonyl (C=O) groups is 1. The number of rotatable bonds is 2. The summed E-state index contributed by atoms with van der Waals surface area (Å²) in [5, 5.41) is 9.06. The van der Waals surface area contributed by atoms with Crippen LogP contribution in [0.4, 0.5) is 0 Å². The van der Waals surface area contributed by atoms with Gasteiger partial charge in [-0.15, -0.1) is 0 Å². The first kappa shape index (κ1) is 10.5. The minimum atomic E-state index is -0.452. The number of likely N-dealkylation sites (tertiary alicyclic amines) is 1. The van der Waals surface area contributed by atoms with E-state index in [0.29, 0.717) is 0 Å². The van der Waals surface area contributed by atoms with Gasteiger partial charge >= 0.3 is 0 Å². The summed E-state index contributed by atoms with van der Waals surface area (Å²) in [4.78, 5) is 13.3. The van der Waals surface area contributed by atoms with Crippen LogP contribution in [0.3, 0.4) is 0 Å². The van der Waals surface area contributed by atoms with E-state index >= 15 is 0 Å². The summed E-state index contributed by atoms with van der Waals surface area (Å²) in [6, 6.07) is -0.459. The number of piperidine rings is 1. The van der Waals surface area contributed by atoms with Crippen molar-refractivity contribution in [1.82, 2.24) is 4.90 Å². The second-order valence-electron chi connectivity index (χ2n) is 3.65. The lowest BCUT2D eigenvalue weighted by Crippen LogP contribution is -2.51. The SMILES string of the molecule is C[C@H](N)C(=O)N1CCCCC1CO. The molecule has 0 aromatic rings. The summed E-state index contributed by atoms with van der Waals surface area (Å²) < 4.78 is 0. The predicted octanol–water partition coefficient (Wildman–Crippen LogP) is -0.293. The number of nitrogens with zero attached hydrogens (tertiary/aromatic N) is 1. The largest absolute Gasteiger partial charge is 0.394 e. The average molecular weight is 186 g/mol. The molecule has 13 heavy (non-hydrogen) atoms. The van der Waals surface area contributed by atoms with Crippen molar-refractivity contribution >= 4 is 5.91 Å². The van der Waals surface area contributed by atoms with Crippen LogP contribution in [-0.2, 0) is 4.79 Å². The van der Waals surface area contributed by atoms with Gasteiger partial charge < -0.3 is 15.7 Å². The third-order valence-corrected chi connectivity index (χ3v) is 2.51. The molecule has 0 spiro atoms. The highest BCUT2D eigenvalue weighted by Crippen LogP contribution is 2.16. The van der Waals surface area contributed by atoms with Crippen LogP contribution in [0.5, 0.6) is 0 Å². The van der Waals surface area contributed by atoms with Crippen molar-refractivity contribution in [2.75, 3.05) is 13.2 Å². The Hall–Kier alpha value is -0.610. The van der Waals surface area contributed by atoms with Gasteiger partial charge in [-0.1, -0.05) is 0 Å². The van der Waals surface area contributed by atoms with Crippen LogP contribution in [0.1, 0.15) is 26.2 Å². The fourth-order valence-electron chi connectivity index (χ4n) is 1.74. The van der Waals surface area contributed by atoms with Gasteiger partial charge in [0.15, 0.2) is 0 Å². The molecule has 0 aromatic heterocycles. The van der Waals surface area contributed by atoms with Gasteiger partial charge in [-0.3, -0.25) is 4.79 Å². The van der Waals surface area contributed by atoms with E-state index in [2.05, 4.69) is 0 Å². The van der Waals surface area contributed by atoms with Gasteiger partial charge in [0.05, 0.1) is 18.7 Å². The topological polar surface area (TPSA) is 66.6 Å². The van der Waals surface area contributed by atoms with Gasteiger partial charge in [-0.25, -0.2) is 0 Å². The molecule has 1 aliphatic heterocycles. The molecular formula is C9H18N2O2. The second-order valence-corrected chi connectivity index (χ2v) is 3.65. The van der Waals surface area contributed by atoms with Crippen LogP contribution in [0.25, 0.3) is 0 Å². The van der Waals surface area contributed by atoms with Crippen LogP contribution in [0.2, 0.25) is 0 Å². The molecule has 4 nitrogen and oxygen atoms in total. The summed E-state index contributed by atoms with van der Waals surface area (Å²) >= 11 is 0. The normalized spacial score (nSPS) is 25.8. The summed E-state index contributed by atoms with van der Waals surface area (Å²) in [5.74, 6) is -0.0428. The molecule has 1 amide bonds. The highest BCUT2D eigenvalue weighted by molar-refractivity contribution is 5.81. The fraction of sp³-hybridized carbons (Fsp3) is 0.889. The van der Waals surface area contributed by atoms with E-state index in [9.17, 15) is 4.79 Å². The van der Waals surface area contributed by atoms with Crippen molar-refractivity contribution in [3.05, 3.63) is 0 Å². The molecule has 4 heteroatoms. The molecule has 76 valence electrons. The van der Waals surface area contributed by atoms with Crippen molar-refractivity contribution in [2.24, 2.45) is 5.73 Å². The van der Waals surface area contributed by atoms with Crippen LogP contribution >= 0.6 is 0 Å². The Balaban J connectivity index is 2.58. The Kier molecular flexibility index (Phi) is 3.69. The number of amides is 1. The molecule has 0 saturated carbocycles. The number of hydrogen-bond acceptors (Lipinski definition) is 3. The van der Waals surface area contributed by atoms with Crippen molar-refractivity contribution < 1.29 is 9.90 Å². The van der Waals surface area contributed by atoms with Crippen LogP contribution in [-0.4, -0.2) is 41.1 Å². The zero-order valence-electron chi connectivity index (χ0n) is 8.07. The standard InChI is InChI=1S/C9H18N2O2/c1-7(10)9(13)11-5-3-2-4-8(11)6-12/h7-8,12H,2-6,10H2,1H3/t7-,8?/m0/s1. The van der Waals surface area contributed by atoms with Crippen molar-refractivity contribution in [3.8, 4) is 0 Å². The maximum atomic E-state index is 11.6. The number of hydrogen-bond donors (Lipinski definition) is 2. The maximum Gasteiger partial charge on any atom is 0.239 e. The lowest BCUT2D eigenvalue weighted by molar-refractivity contribution is -0.136. The molecule has 1 aliphatic rings. The molecule has 0 bridgehead atoms. The van der Waals surface area contributed by atoms with E-state index in [-0.39, 0.29) is 18.6 Å². The molecule has 1 fully saturated rings. The first-order valence-corrected chi connectivity index (χ1v) is 4.83. The summed E-state index contributed by atoms with van der Waals surface area (Å²) in [6.07, 6.45) is 3.01. The lowest BCUT2D eigenvalue weighted by atomic mass is 10.0. The molecular weight excluding hydrogens is 168 g/mol. The number of carbonyl (C=O) groups excluding carboxylic acids is 1. The summed E-state index contributed by atoms with van der Waals surface area (Å²) in [5.41, 5.74) is 5.51. The van der Waals surface area contributed by atoms with Crippen molar-refractivity contribution in [1.29, 1.82) is 0 Å². The molecule has 1 rings (SSSR count). The molecule has 0 aliphatic carbocycles. The zero-order valence-corrected chi connectivity index (χ0v) is 8.07. The average Bonchev–Trinajstić information content (AvgIpc) is 2.16. The molecule has 0 aromatic carbocycles. The van der Waals surface area contributed by atoms with Gasteiger partial charge in [-0.05, 0) is 26.2 Å². The monoisotopic (exact) mass is 186 g/mol. The quantitative estimate of drug-likeness (QED) is 0.622. The summed E-state index contributed by atoms with van der Waals surface area (Å²) in [7, 11) is 0. The Morgan fingerprint density at radius 1 is 1.69 bits per heavy atom. The third-order valence-electron chi connectivity index (χ3n) is 2.51. The minimum absolute atomic E-state index is 0.00718. The predicted molar refractivity (Wildman–Crippen MR) is 50.1 cm³/mol. The van der Waals surface area contributed by atoms with Crippen molar-refractivity contribution in [3.63, 3.8) is 0 Å².